The minimum absolute atomic E-state index is 0.0582. The summed E-state index contributed by atoms with van der Waals surface area (Å²) in [6.07, 6.45) is 89.0. The number of esters is 2. The van der Waals surface area contributed by atoms with E-state index in [9.17, 15) is 14.7 Å². The fourth-order valence-electron chi connectivity index (χ4n) is 10.7. The molecule has 76 heavy (non-hydrogen) atoms. The fourth-order valence-corrected chi connectivity index (χ4v) is 10.7. The van der Waals surface area contributed by atoms with Crippen molar-refractivity contribution < 1.29 is 24.2 Å². The molecule has 5 heteroatoms. The summed E-state index contributed by atoms with van der Waals surface area (Å²) in [4.78, 5) is 24.6. The second kappa shape index (κ2) is 67.4. The highest BCUT2D eigenvalue weighted by Gasteiger charge is 2.16. The summed E-state index contributed by atoms with van der Waals surface area (Å²) >= 11 is 0. The molecule has 0 aromatic heterocycles. The maximum atomic E-state index is 12.4. The molecule has 0 bridgehead atoms. The Kier molecular flexibility index (Phi) is 65.7. The lowest BCUT2D eigenvalue weighted by Gasteiger charge is -2.15. The number of unbranched alkanes of at least 4 members (excludes halogenated alkanes) is 51. The molecule has 0 radical (unpaired) electrons. The Bertz CT molecular complexity index is 1210. The average Bonchev–Trinajstić information content (AvgIpc) is 3.42. The zero-order valence-electron chi connectivity index (χ0n) is 51.5. The molecule has 0 aliphatic rings. The summed E-state index contributed by atoms with van der Waals surface area (Å²) in [6, 6.07) is 0. The maximum absolute atomic E-state index is 12.4. The predicted octanol–water partition coefficient (Wildman–Crippen LogP) is 23.8. The number of aliphatic hydroxyl groups excluding tert-OH is 1. The first-order valence-electron chi connectivity index (χ1n) is 34.5. The molecular formula is C71H134O5. The van der Waals surface area contributed by atoms with E-state index in [0.29, 0.717) is 12.8 Å². The van der Waals surface area contributed by atoms with Gasteiger partial charge in [-0.25, -0.2) is 0 Å². The molecule has 5 nitrogen and oxygen atoms in total. The van der Waals surface area contributed by atoms with Gasteiger partial charge in [0.15, 0.2) is 6.10 Å². The Morgan fingerprint density at radius 1 is 0.303 bits per heavy atom. The summed E-state index contributed by atoms with van der Waals surface area (Å²) in [6.45, 7) is 4.19. The summed E-state index contributed by atoms with van der Waals surface area (Å²) in [7, 11) is 0. The van der Waals surface area contributed by atoms with Gasteiger partial charge in [0.1, 0.15) is 6.61 Å². The van der Waals surface area contributed by atoms with Gasteiger partial charge in [0, 0.05) is 12.8 Å². The molecule has 1 unspecified atom stereocenters. The number of carbonyl (C=O) groups excluding carboxylic acids is 2. The van der Waals surface area contributed by atoms with Crippen molar-refractivity contribution in [2.45, 2.75) is 392 Å². The molecule has 1 atom stereocenters. The van der Waals surface area contributed by atoms with E-state index in [-0.39, 0.29) is 25.2 Å². The molecule has 1 N–H and O–H groups in total. The van der Waals surface area contributed by atoms with Crippen LogP contribution in [0.25, 0.3) is 0 Å². The van der Waals surface area contributed by atoms with Gasteiger partial charge in [-0.2, -0.15) is 0 Å². The van der Waals surface area contributed by atoms with Gasteiger partial charge in [-0.05, 0) is 51.4 Å². The smallest absolute Gasteiger partial charge is 0.306 e. The molecular weight excluding hydrogens is 933 g/mol. The van der Waals surface area contributed by atoms with Gasteiger partial charge >= 0.3 is 11.9 Å². The minimum Gasteiger partial charge on any atom is -0.462 e. The standard InChI is InChI=1S/C71H134O5/c1-3-5-7-9-11-13-15-17-19-21-23-25-27-29-30-31-32-33-34-35-36-37-38-39-40-42-44-46-48-50-52-54-56-58-60-62-64-66-71(74)76-69(67-72)68-75-70(73)65-63-61-59-57-55-53-51-49-47-45-43-41-28-26-24-22-20-18-16-14-12-10-8-6-4-2/h15,17,21,23,27,29,69,72H,3-14,16,18-20,22,24-26,28,30-68H2,1-2H3/b17-15-,23-21-,29-27-. The van der Waals surface area contributed by atoms with Crippen LogP contribution in [0.1, 0.15) is 386 Å². The maximum Gasteiger partial charge on any atom is 0.306 e. The Hall–Kier alpha value is -1.88. The number of carbonyl (C=O) groups is 2. The first kappa shape index (κ1) is 74.1. The van der Waals surface area contributed by atoms with Crippen LogP contribution in [-0.4, -0.2) is 36.4 Å². The number of rotatable bonds is 65. The van der Waals surface area contributed by atoms with Gasteiger partial charge in [0.2, 0.25) is 0 Å². The van der Waals surface area contributed by atoms with Gasteiger partial charge in [-0.3, -0.25) is 9.59 Å². The first-order chi connectivity index (χ1) is 37.6. The Morgan fingerprint density at radius 3 is 0.789 bits per heavy atom. The highest BCUT2D eigenvalue weighted by Crippen LogP contribution is 2.19. The lowest BCUT2D eigenvalue weighted by atomic mass is 10.0. The molecule has 0 saturated heterocycles. The molecule has 0 heterocycles. The highest BCUT2D eigenvalue weighted by molar-refractivity contribution is 5.70. The summed E-state index contributed by atoms with van der Waals surface area (Å²) in [5.41, 5.74) is 0. The minimum atomic E-state index is -0.768. The number of aliphatic hydroxyl groups is 1. The fraction of sp³-hybridized carbons (Fsp3) is 0.887. The van der Waals surface area contributed by atoms with E-state index in [1.54, 1.807) is 0 Å². The van der Waals surface area contributed by atoms with Crippen molar-refractivity contribution in [3.63, 3.8) is 0 Å². The van der Waals surface area contributed by atoms with E-state index in [2.05, 4.69) is 50.3 Å². The van der Waals surface area contributed by atoms with E-state index in [0.717, 1.165) is 44.9 Å². The van der Waals surface area contributed by atoms with Crippen molar-refractivity contribution in [3.8, 4) is 0 Å². The van der Waals surface area contributed by atoms with Crippen LogP contribution in [0.3, 0.4) is 0 Å². The van der Waals surface area contributed by atoms with Crippen molar-refractivity contribution >= 4 is 11.9 Å². The zero-order chi connectivity index (χ0) is 54.8. The molecule has 0 fully saturated rings. The molecule has 0 spiro atoms. The Labute approximate surface area is 476 Å². The SMILES string of the molecule is CCCCCCC/C=C\C/C=C\C/C=C\CCCCCCCCCCCCCCCCCCCCCCCCC(=O)OC(CO)COC(=O)CCCCCCCCCCCCCCCCCCCCCCCCCCC. The lowest BCUT2D eigenvalue weighted by Crippen LogP contribution is -2.28. The molecule has 0 aliphatic heterocycles. The zero-order valence-corrected chi connectivity index (χ0v) is 51.5. The van der Waals surface area contributed by atoms with E-state index < -0.39 is 6.10 Å². The van der Waals surface area contributed by atoms with Gasteiger partial charge < -0.3 is 14.6 Å². The van der Waals surface area contributed by atoms with Crippen LogP contribution < -0.4 is 0 Å². The average molecular weight is 1070 g/mol. The first-order valence-corrected chi connectivity index (χ1v) is 34.5. The van der Waals surface area contributed by atoms with Gasteiger partial charge in [-0.15, -0.1) is 0 Å². The highest BCUT2D eigenvalue weighted by atomic mass is 16.6. The molecule has 0 rings (SSSR count). The van der Waals surface area contributed by atoms with Gasteiger partial charge in [0.25, 0.3) is 0 Å². The Morgan fingerprint density at radius 2 is 0.526 bits per heavy atom. The van der Waals surface area contributed by atoms with Crippen molar-refractivity contribution in [2.24, 2.45) is 0 Å². The monoisotopic (exact) mass is 1070 g/mol. The third-order valence-corrected chi connectivity index (χ3v) is 15.9. The third kappa shape index (κ3) is 64.6. The number of hydrogen-bond acceptors (Lipinski definition) is 5. The Balaban J connectivity index is 3.38. The molecule has 0 amide bonds. The molecule has 0 aromatic rings. The van der Waals surface area contributed by atoms with E-state index in [1.165, 1.54) is 315 Å². The van der Waals surface area contributed by atoms with Crippen LogP contribution in [0.2, 0.25) is 0 Å². The molecule has 448 valence electrons. The van der Waals surface area contributed by atoms with Crippen LogP contribution in [0.15, 0.2) is 36.5 Å². The van der Waals surface area contributed by atoms with Gasteiger partial charge in [0.05, 0.1) is 6.61 Å². The van der Waals surface area contributed by atoms with E-state index in [4.69, 9.17) is 9.47 Å². The number of ether oxygens (including phenoxy) is 2. The molecule has 0 saturated carbocycles. The van der Waals surface area contributed by atoms with Crippen molar-refractivity contribution in [1.29, 1.82) is 0 Å². The normalized spacial score (nSPS) is 12.3. The topological polar surface area (TPSA) is 72.8 Å². The van der Waals surface area contributed by atoms with Crippen molar-refractivity contribution in [1.82, 2.24) is 0 Å². The summed E-state index contributed by atoms with van der Waals surface area (Å²) in [5.74, 6) is -0.564. The second-order valence-electron chi connectivity index (χ2n) is 23.6. The third-order valence-electron chi connectivity index (χ3n) is 15.9. The van der Waals surface area contributed by atoms with Crippen LogP contribution in [0.5, 0.6) is 0 Å². The molecule has 0 aliphatic carbocycles. The van der Waals surface area contributed by atoms with Crippen molar-refractivity contribution in [3.05, 3.63) is 36.5 Å². The largest absolute Gasteiger partial charge is 0.462 e. The number of hydrogen-bond donors (Lipinski definition) is 1. The van der Waals surface area contributed by atoms with Gasteiger partial charge in [-0.1, -0.05) is 359 Å². The van der Waals surface area contributed by atoms with Crippen molar-refractivity contribution in [2.75, 3.05) is 13.2 Å². The van der Waals surface area contributed by atoms with Crippen LogP contribution in [-0.2, 0) is 19.1 Å². The van der Waals surface area contributed by atoms with E-state index >= 15 is 0 Å². The summed E-state index contributed by atoms with van der Waals surface area (Å²) in [5, 5.41) is 9.69. The summed E-state index contributed by atoms with van der Waals surface area (Å²) < 4.78 is 10.8. The quantitative estimate of drug-likeness (QED) is 0.0373. The van der Waals surface area contributed by atoms with E-state index in [1.807, 2.05) is 0 Å². The molecule has 0 aromatic carbocycles. The lowest BCUT2D eigenvalue weighted by molar-refractivity contribution is -0.161. The van der Waals surface area contributed by atoms with Crippen LogP contribution in [0.4, 0.5) is 0 Å². The number of allylic oxidation sites excluding steroid dienone is 6. The second-order valence-corrected chi connectivity index (χ2v) is 23.6. The predicted molar refractivity (Wildman–Crippen MR) is 334 cm³/mol. The van der Waals surface area contributed by atoms with Crippen LogP contribution >= 0.6 is 0 Å². The van der Waals surface area contributed by atoms with Crippen LogP contribution in [0, 0.1) is 0 Å².